The Bertz CT molecular complexity index is 894. The zero-order chi connectivity index (χ0) is 20.2. The highest BCUT2D eigenvalue weighted by molar-refractivity contribution is 6.07. The Labute approximate surface area is 172 Å². The summed E-state index contributed by atoms with van der Waals surface area (Å²) in [7, 11) is 3.28. The summed E-state index contributed by atoms with van der Waals surface area (Å²) in [5.74, 6) is 1.77. The monoisotopic (exact) mass is 392 g/mol. The van der Waals surface area contributed by atoms with Crippen molar-refractivity contribution >= 4 is 11.6 Å². The van der Waals surface area contributed by atoms with Gasteiger partial charge in [-0.15, -0.1) is 0 Å². The van der Waals surface area contributed by atoms with Crippen molar-refractivity contribution in [3.05, 3.63) is 59.7 Å². The maximum absolute atomic E-state index is 13.2. The zero-order valence-corrected chi connectivity index (χ0v) is 17.1. The van der Waals surface area contributed by atoms with Gasteiger partial charge in [0.1, 0.15) is 0 Å². The number of hydrogen-bond donors (Lipinski definition) is 0. The first-order valence-corrected chi connectivity index (χ1v) is 10.4. The van der Waals surface area contributed by atoms with E-state index in [1.807, 2.05) is 36.4 Å². The fraction of sp³-hybridized carbons (Fsp3) is 0.417. The molecule has 0 spiro atoms. The third kappa shape index (κ3) is 4.00. The molecule has 0 bridgehead atoms. The average Bonchev–Trinajstić information content (AvgIpc) is 2.79. The predicted molar refractivity (Wildman–Crippen MR) is 113 cm³/mol. The number of fused-ring (bicyclic) bond motifs is 1. The third-order valence-electron chi connectivity index (χ3n) is 6.05. The first-order chi connectivity index (χ1) is 14.2. The van der Waals surface area contributed by atoms with Gasteiger partial charge in [0.15, 0.2) is 11.5 Å². The lowest BCUT2D eigenvalue weighted by molar-refractivity contribution is -0.138. The Morgan fingerprint density at radius 1 is 0.966 bits per heavy atom. The first kappa shape index (κ1) is 19.5. The highest BCUT2D eigenvalue weighted by Gasteiger charge is 2.41. The molecule has 1 aliphatic carbocycles. The van der Waals surface area contributed by atoms with Gasteiger partial charge in [-0.05, 0) is 43.0 Å². The lowest BCUT2D eigenvalue weighted by atomic mass is 9.73. The van der Waals surface area contributed by atoms with Crippen molar-refractivity contribution in [2.45, 2.75) is 32.1 Å². The molecule has 2 aliphatic rings. The molecule has 152 valence electrons. The fourth-order valence-electron chi connectivity index (χ4n) is 4.51. The number of nitrogens with zero attached hydrogens (tertiary/aromatic N) is 2. The van der Waals surface area contributed by atoms with Crippen LogP contribution in [-0.2, 0) is 11.2 Å². The summed E-state index contributed by atoms with van der Waals surface area (Å²) in [5, 5.41) is 6.57. The number of ether oxygens (including phenoxy) is 2. The van der Waals surface area contributed by atoms with Gasteiger partial charge in [-0.2, -0.15) is 5.10 Å². The normalized spacial score (nSPS) is 21.4. The van der Waals surface area contributed by atoms with E-state index >= 15 is 0 Å². The molecule has 1 saturated carbocycles. The van der Waals surface area contributed by atoms with Crippen molar-refractivity contribution in [3.8, 4) is 11.5 Å². The van der Waals surface area contributed by atoms with Crippen LogP contribution in [0.5, 0.6) is 11.5 Å². The molecule has 4 rings (SSSR count). The van der Waals surface area contributed by atoms with E-state index in [-0.39, 0.29) is 17.7 Å². The molecule has 29 heavy (non-hydrogen) atoms. The Morgan fingerprint density at radius 2 is 1.69 bits per heavy atom. The molecule has 2 unspecified atom stereocenters. The van der Waals surface area contributed by atoms with Crippen molar-refractivity contribution in [2.75, 3.05) is 20.8 Å². The predicted octanol–water partition coefficient (Wildman–Crippen LogP) is 4.30. The van der Waals surface area contributed by atoms with Crippen molar-refractivity contribution in [1.29, 1.82) is 0 Å². The van der Waals surface area contributed by atoms with Crippen LogP contribution in [0.2, 0.25) is 0 Å². The highest BCUT2D eigenvalue weighted by Crippen LogP contribution is 2.39. The van der Waals surface area contributed by atoms with Crippen LogP contribution < -0.4 is 9.47 Å². The van der Waals surface area contributed by atoms with Gasteiger partial charge in [0, 0.05) is 23.9 Å². The van der Waals surface area contributed by atoms with E-state index in [1.54, 1.807) is 19.2 Å². The topological polar surface area (TPSA) is 51.1 Å². The Hall–Kier alpha value is -2.82. The lowest BCUT2D eigenvalue weighted by Gasteiger charge is -2.38. The van der Waals surface area contributed by atoms with Crippen molar-refractivity contribution in [2.24, 2.45) is 16.9 Å². The number of benzene rings is 2. The fourth-order valence-corrected chi connectivity index (χ4v) is 4.51. The van der Waals surface area contributed by atoms with E-state index in [0.29, 0.717) is 18.0 Å². The van der Waals surface area contributed by atoms with Crippen LogP contribution in [0.3, 0.4) is 0 Å². The van der Waals surface area contributed by atoms with Crippen LogP contribution in [0, 0.1) is 11.8 Å². The molecule has 1 amide bonds. The Morgan fingerprint density at radius 3 is 2.41 bits per heavy atom. The molecule has 1 fully saturated rings. The first-order valence-electron chi connectivity index (χ1n) is 10.4. The zero-order valence-electron chi connectivity index (χ0n) is 17.1. The summed E-state index contributed by atoms with van der Waals surface area (Å²) >= 11 is 0. The number of amides is 1. The minimum atomic E-state index is 0.0279. The van der Waals surface area contributed by atoms with Gasteiger partial charge in [0.25, 0.3) is 0 Å². The van der Waals surface area contributed by atoms with Crippen LogP contribution in [0.25, 0.3) is 0 Å². The molecular formula is C24H28N2O3. The SMILES string of the molecule is COc1ccc(C2=NN(CCc3ccccc3)C(=O)C3CCCCC23)cc1OC. The second kappa shape index (κ2) is 8.68. The molecular weight excluding hydrogens is 364 g/mol. The van der Waals surface area contributed by atoms with E-state index in [0.717, 1.165) is 43.4 Å². The summed E-state index contributed by atoms with van der Waals surface area (Å²) in [5.41, 5.74) is 3.23. The minimum Gasteiger partial charge on any atom is -0.493 e. The third-order valence-corrected chi connectivity index (χ3v) is 6.05. The van der Waals surface area contributed by atoms with Gasteiger partial charge in [0.05, 0.1) is 19.9 Å². The van der Waals surface area contributed by atoms with Crippen LogP contribution in [0.15, 0.2) is 53.6 Å². The standard InChI is InChI=1S/C24H28N2O3/c1-28-21-13-12-18(16-22(21)29-2)23-19-10-6-7-11-20(19)24(27)26(25-23)15-14-17-8-4-3-5-9-17/h3-5,8-9,12-13,16,19-20H,6-7,10-11,14-15H2,1-2H3. The van der Waals surface area contributed by atoms with Crippen molar-refractivity contribution in [1.82, 2.24) is 5.01 Å². The molecule has 0 saturated heterocycles. The number of rotatable bonds is 6. The molecule has 2 aromatic rings. The molecule has 0 aromatic heterocycles. The average molecular weight is 392 g/mol. The Balaban J connectivity index is 1.66. The summed E-state index contributed by atoms with van der Waals surface area (Å²) in [4.78, 5) is 13.2. The van der Waals surface area contributed by atoms with E-state index in [4.69, 9.17) is 14.6 Å². The van der Waals surface area contributed by atoms with Gasteiger partial charge >= 0.3 is 0 Å². The summed E-state index contributed by atoms with van der Waals surface area (Å²) in [6.07, 6.45) is 5.00. The highest BCUT2D eigenvalue weighted by atomic mass is 16.5. The molecule has 5 nitrogen and oxygen atoms in total. The van der Waals surface area contributed by atoms with Gasteiger partial charge in [-0.3, -0.25) is 4.79 Å². The Kier molecular flexibility index (Phi) is 5.84. The quantitative estimate of drug-likeness (QED) is 0.736. The van der Waals surface area contributed by atoms with E-state index in [2.05, 4.69) is 12.1 Å². The lowest BCUT2D eigenvalue weighted by Crippen LogP contribution is -2.46. The molecule has 5 heteroatoms. The minimum absolute atomic E-state index is 0.0279. The van der Waals surface area contributed by atoms with Gasteiger partial charge in [0.2, 0.25) is 5.91 Å². The molecule has 0 radical (unpaired) electrons. The number of carbonyl (C=O) groups excluding carboxylic acids is 1. The van der Waals surface area contributed by atoms with Crippen molar-refractivity contribution < 1.29 is 14.3 Å². The van der Waals surface area contributed by atoms with Crippen LogP contribution >= 0.6 is 0 Å². The van der Waals surface area contributed by atoms with Gasteiger partial charge in [-0.1, -0.05) is 43.2 Å². The van der Waals surface area contributed by atoms with E-state index in [1.165, 1.54) is 5.56 Å². The smallest absolute Gasteiger partial charge is 0.246 e. The van der Waals surface area contributed by atoms with Crippen LogP contribution in [0.4, 0.5) is 0 Å². The second-order valence-corrected chi connectivity index (χ2v) is 7.75. The number of carbonyl (C=O) groups is 1. The van der Waals surface area contributed by atoms with Crippen LogP contribution in [-0.4, -0.2) is 37.4 Å². The maximum atomic E-state index is 13.2. The second-order valence-electron chi connectivity index (χ2n) is 7.75. The van der Waals surface area contributed by atoms with E-state index < -0.39 is 0 Å². The summed E-state index contributed by atoms with van der Waals surface area (Å²) in [6, 6.07) is 16.2. The number of hydrogen-bond acceptors (Lipinski definition) is 4. The molecule has 2 aromatic carbocycles. The molecule has 0 N–H and O–H groups in total. The van der Waals surface area contributed by atoms with E-state index in [9.17, 15) is 4.79 Å². The number of methoxy groups -OCH3 is 2. The summed E-state index contributed by atoms with van der Waals surface area (Å²) < 4.78 is 10.9. The molecule has 2 atom stereocenters. The largest absolute Gasteiger partial charge is 0.493 e. The molecule has 1 heterocycles. The van der Waals surface area contributed by atoms with Gasteiger partial charge in [-0.25, -0.2) is 5.01 Å². The van der Waals surface area contributed by atoms with Crippen LogP contribution in [0.1, 0.15) is 36.8 Å². The number of hydrazone groups is 1. The maximum Gasteiger partial charge on any atom is 0.246 e. The molecule has 1 aliphatic heterocycles. The van der Waals surface area contributed by atoms with Gasteiger partial charge < -0.3 is 9.47 Å². The summed E-state index contributed by atoms with van der Waals surface area (Å²) in [6.45, 7) is 0.600. The van der Waals surface area contributed by atoms with Crippen molar-refractivity contribution in [3.63, 3.8) is 0 Å².